The minimum Gasteiger partial charge on any atom is -0.486 e. The minimum absolute atomic E-state index is 0.321. The van der Waals surface area contributed by atoms with E-state index in [1.807, 2.05) is 12.1 Å². The van der Waals surface area contributed by atoms with Gasteiger partial charge in [-0.25, -0.2) is 0 Å². The van der Waals surface area contributed by atoms with Crippen LogP contribution in [0.4, 0.5) is 0 Å². The van der Waals surface area contributed by atoms with Crippen LogP contribution in [0.5, 0.6) is 11.5 Å². The van der Waals surface area contributed by atoms with Crippen LogP contribution in [-0.2, 0) is 6.54 Å². The number of hydrogen-bond donors (Lipinski definition) is 1. The normalized spacial score (nSPS) is 15.1. The van der Waals surface area contributed by atoms with Crippen molar-refractivity contribution in [1.82, 2.24) is 5.32 Å². The SMILES string of the molecule is C[C@@H](NCc1cc(Cl)c2c(c1)OCCO2)c1cccs1. The second-order valence-electron chi connectivity index (χ2n) is 4.72. The summed E-state index contributed by atoms with van der Waals surface area (Å²) in [7, 11) is 0. The van der Waals surface area contributed by atoms with E-state index in [0.717, 1.165) is 17.9 Å². The summed E-state index contributed by atoms with van der Waals surface area (Å²) >= 11 is 7.99. The molecule has 5 heteroatoms. The summed E-state index contributed by atoms with van der Waals surface area (Å²) in [5.41, 5.74) is 1.10. The van der Waals surface area contributed by atoms with E-state index in [0.29, 0.717) is 30.0 Å². The molecule has 1 aromatic carbocycles. The summed E-state index contributed by atoms with van der Waals surface area (Å²) in [6.45, 7) is 4.03. The molecular weight excluding hydrogens is 294 g/mol. The first-order valence-electron chi connectivity index (χ1n) is 6.59. The second-order valence-corrected chi connectivity index (χ2v) is 6.11. The van der Waals surface area contributed by atoms with E-state index in [4.69, 9.17) is 21.1 Å². The molecule has 0 aliphatic carbocycles. The number of ether oxygens (including phenoxy) is 2. The van der Waals surface area contributed by atoms with Crippen LogP contribution >= 0.6 is 22.9 Å². The summed E-state index contributed by atoms with van der Waals surface area (Å²) in [6.07, 6.45) is 0. The summed E-state index contributed by atoms with van der Waals surface area (Å²) in [5, 5.41) is 6.20. The molecule has 0 unspecified atom stereocenters. The Morgan fingerprint density at radius 3 is 3.00 bits per heavy atom. The molecule has 2 aromatic rings. The van der Waals surface area contributed by atoms with E-state index in [1.54, 1.807) is 11.3 Å². The van der Waals surface area contributed by atoms with Gasteiger partial charge in [-0.1, -0.05) is 17.7 Å². The quantitative estimate of drug-likeness (QED) is 0.925. The molecule has 0 saturated heterocycles. The van der Waals surface area contributed by atoms with Gasteiger partial charge < -0.3 is 14.8 Å². The number of thiophene rings is 1. The zero-order valence-electron chi connectivity index (χ0n) is 11.2. The van der Waals surface area contributed by atoms with Crippen LogP contribution in [0.2, 0.25) is 5.02 Å². The summed E-state index contributed by atoms with van der Waals surface area (Å²) in [6, 6.07) is 8.46. The molecule has 0 amide bonds. The van der Waals surface area contributed by atoms with Crippen LogP contribution in [0.25, 0.3) is 0 Å². The van der Waals surface area contributed by atoms with Crippen molar-refractivity contribution in [2.75, 3.05) is 13.2 Å². The highest BCUT2D eigenvalue weighted by Crippen LogP contribution is 2.38. The molecule has 0 saturated carbocycles. The van der Waals surface area contributed by atoms with Crippen LogP contribution in [-0.4, -0.2) is 13.2 Å². The topological polar surface area (TPSA) is 30.5 Å². The van der Waals surface area contributed by atoms with Crippen LogP contribution in [0.1, 0.15) is 23.4 Å². The molecule has 0 spiro atoms. The summed E-state index contributed by atoms with van der Waals surface area (Å²) in [5.74, 6) is 1.40. The molecule has 2 heterocycles. The largest absolute Gasteiger partial charge is 0.486 e. The minimum atomic E-state index is 0.321. The van der Waals surface area contributed by atoms with Gasteiger partial charge in [0, 0.05) is 17.5 Å². The molecular formula is C15H16ClNO2S. The van der Waals surface area contributed by atoms with Gasteiger partial charge in [-0.3, -0.25) is 0 Å². The van der Waals surface area contributed by atoms with E-state index in [9.17, 15) is 0 Å². The average molecular weight is 310 g/mol. The van der Waals surface area contributed by atoms with E-state index in [1.165, 1.54) is 4.88 Å². The van der Waals surface area contributed by atoms with Crippen molar-refractivity contribution in [2.24, 2.45) is 0 Å². The lowest BCUT2D eigenvalue weighted by Gasteiger charge is -2.21. The van der Waals surface area contributed by atoms with Crippen LogP contribution in [0.15, 0.2) is 29.6 Å². The zero-order chi connectivity index (χ0) is 13.9. The Kier molecular flexibility index (Phi) is 4.15. The first kappa shape index (κ1) is 13.7. The maximum Gasteiger partial charge on any atom is 0.179 e. The van der Waals surface area contributed by atoms with Crippen LogP contribution in [0, 0.1) is 0 Å². The Morgan fingerprint density at radius 2 is 2.20 bits per heavy atom. The number of fused-ring (bicyclic) bond motifs is 1. The lowest BCUT2D eigenvalue weighted by atomic mass is 10.1. The molecule has 1 atom stereocenters. The van der Waals surface area contributed by atoms with Gasteiger partial charge in [0.25, 0.3) is 0 Å². The second kappa shape index (κ2) is 6.04. The highest BCUT2D eigenvalue weighted by atomic mass is 35.5. The van der Waals surface area contributed by atoms with Crippen molar-refractivity contribution >= 4 is 22.9 Å². The average Bonchev–Trinajstić information content (AvgIpc) is 2.99. The fourth-order valence-electron chi connectivity index (χ4n) is 2.18. The van der Waals surface area contributed by atoms with Gasteiger partial charge in [-0.05, 0) is 36.1 Å². The molecule has 106 valence electrons. The highest BCUT2D eigenvalue weighted by Gasteiger charge is 2.16. The standard InChI is InChI=1S/C15H16ClNO2S/c1-10(14-3-2-6-20-14)17-9-11-7-12(16)15-13(8-11)18-4-5-19-15/h2-3,6-8,10,17H,4-5,9H2,1H3/t10-/m1/s1. The van der Waals surface area contributed by atoms with Crippen molar-refractivity contribution in [3.63, 3.8) is 0 Å². The maximum absolute atomic E-state index is 6.23. The molecule has 1 aromatic heterocycles. The fraction of sp³-hybridized carbons (Fsp3) is 0.333. The van der Waals surface area contributed by atoms with Gasteiger partial charge >= 0.3 is 0 Å². The van der Waals surface area contributed by atoms with Gasteiger partial charge in [0.2, 0.25) is 0 Å². The molecule has 3 rings (SSSR count). The Hall–Kier alpha value is -1.23. The first-order chi connectivity index (χ1) is 9.74. The molecule has 3 nitrogen and oxygen atoms in total. The van der Waals surface area contributed by atoms with Crippen LogP contribution < -0.4 is 14.8 Å². The smallest absolute Gasteiger partial charge is 0.179 e. The fourth-order valence-corrected chi connectivity index (χ4v) is 3.22. The van der Waals surface area contributed by atoms with Gasteiger partial charge in [0.05, 0.1) is 5.02 Å². The van der Waals surface area contributed by atoms with Crippen molar-refractivity contribution in [3.8, 4) is 11.5 Å². The van der Waals surface area contributed by atoms with Crippen molar-refractivity contribution in [1.29, 1.82) is 0 Å². The van der Waals surface area contributed by atoms with E-state index >= 15 is 0 Å². The monoisotopic (exact) mass is 309 g/mol. The number of hydrogen-bond acceptors (Lipinski definition) is 4. The van der Waals surface area contributed by atoms with E-state index in [-0.39, 0.29) is 0 Å². The van der Waals surface area contributed by atoms with Gasteiger partial charge in [0.1, 0.15) is 13.2 Å². The van der Waals surface area contributed by atoms with Crippen molar-refractivity contribution in [3.05, 3.63) is 45.1 Å². The molecule has 1 aliphatic heterocycles. The number of halogens is 1. The van der Waals surface area contributed by atoms with Gasteiger partial charge in [-0.2, -0.15) is 0 Å². The molecule has 1 N–H and O–H groups in total. The van der Waals surface area contributed by atoms with Crippen LogP contribution in [0.3, 0.4) is 0 Å². The Morgan fingerprint density at radius 1 is 1.35 bits per heavy atom. The highest BCUT2D eigenvalue weighted by molar-refractivity contribution is 7.10. The van der Waals surface area contributed by atoms with Gasteiger partial charge in [-0.15, -0.1) is 11.3 Å². The maximum atomic E-state index is 6.23. The Balaban J connectivity index is 1.70. The zero-order valence-corrected chi connectivity index (χ0v) is 12.8. The lowest BCUT2D eigenvalue weighted by Crippen LogP contribution is -2.19. The molecule has 0 radical (unpaired) electrons. The molecule has 1 aliphatic rings. The summed E-state index contributed by atoms with van der Waals surface area (Å²) in [4.78, 5) is 1.33. The van der Waals surface area contributed by atoms with Gasteiger partial charge in [0.15, 0.2) is 11.5 Å². The van der Waals surface area contributed by atoms with Crippen molar-refractivity contribution in [2.45, 2.75) is 19.5 Å². The molecule has 0 bridgehead atoms. The number of nitrogens with one attached hydrogen (secondary N) is 1. The lowest BCUT2D eigenvalue weighted by molar-refractivity contribution is 0.171. The molecule has 0 fully saturated rings. The van der Waals surface area contributed by atoms with E-state index in [2.05, 4.69) is 29.8 Å². The number of benzene rings is 1. The Bertz CT molecular complexity index is 586. The number of rotatable bonds is 4. The van der Waals surface area contributed by atoms with E-state index < -0.39 is 0 Å². The third-order valence-corrected chi connectivity index (χ3v) is 4.57. The van der Waals surface area contributed by atoms with Crippen molar-refractivity contribution < 1.29 is 9.47 Å². The predicted octanol–water partition coefficient (Wildman–Crippen LogP) is 4.02. The summed E-state index contributed by atoms with van der Waals surface area (Å²) < 4.78 is 11.1. The molecule has 20 heavy (non-hydrogen) atoms. The predicted molar refractivity (Wildman–Crippen MR) is 82.0 cm³/mol. The third-order valence-electron chi connectivity index (χ3n) is 3.24. The first-order valence-corrected chi connectivity index (χ1v) is 7.84. The third kappa shape index (κ3) is 2.92. The Labute approximate surface area is 127 Å².